The van der Waals surface area contributed by atoms with Gasteiger partial charge in [-0.15, -0.1) is 0 Å². The minimum atomic E-state index is -0.223. The second-order valence-electron chi connectivity index (χ2n) is 6.37. The Morgan fingerprint density at radius 3 is 2.91 bits per heavy atom. The van der Waals surface area contributed by atoms with E-state index >= 15 is 0 Å². The zero-order valence-corrected chi connectivity index (χ0v) is 14.0. The average molecular weight is 316 g/mol. The summed E-state index contributed by atoms with van der Waals surface area (Å²) in [5.74, 6) is 0.680. The van der Waals surface area contributed by atoms with Gasteiger partial charge in [0.25, 0.3) is 0 Å². The van der Waals surface area contributed by atoms with Crippen LogP contribution in [-0.4, -0.2) is 38.3 Å². The van der Waals surface area contributed by atoms with Gasteiger partial charge in [-0.25, -0.2) is 0 Å². The lowest BCUT2D eigenvalue weighted by Gasteiger charge is -2.37. The second-order valence-corrected chi connectivity index (χ2v) is 6.37. The third kappa shape index (κ3) is 3.16. The SMILES string of the molecule is Cc1noc(C)c1[C@@H](C)C(=O)N1CCCC[C@H]1Cn1cccn1. The zero-order chi connectivity index (χ0) is 16.4. The Hall–Kier alpha value is -2.11. The largest absolute Gasteiger partial charge is 0.361 e. The first-order valence-electron chi connectivity index (χ1n) is 8.28. The summed E-state index contributed by atoms with van der Waals surface area (Å²) in [6.07, 6.45) is 6.99. The fraction of sp³-hybridized carbons (Fsp3) is 0.588. The molecule has 0 aliphatic carbocycles. The number of hydrogen-bond donors (Lipinski definition) is 0. The van der Waals surface area contributed by atoms with Gasteiger partial charge in [-0.05, 0) is 46.1 Å². The number of amides is 1. The fourth-order valence-corrected chi connectivity index (χ4v) is 3.59. The zero-order valence-electron chi connectivity index (χ0n) is 14.0. The Bertz CT molecular complexity index is 643. The molecule has 0 N–H and O–H groups in total. The molecular formula is C17H24N4O2. The molecule has 124 valence electrons. The van der Waals surface area contributed by atoms with Crippen LogP contribution in [0.5, 0.6) is 0 Å². The van der Waals surface area contributed by atoms with Crippen LogP contribution in [0.4, 0.5) is 0 Å². The van der Waals surface area contributed by atoms with Crippen molar-refractivity contribution in [2.24, 2.45) is 0 Å². The smallest absolute Gasteiger partial charge is 0.230 e. The lowest BCUT2D eigenvalue weighted by atomic mass is 9.94. The van der Waals surface area contributed by atoms with Gasteiger partial charge >= 0.3 is 0 Å². The van der Waals surface area contributed by atoms with Crippen molar-refractivity contribution >= 4 is 5.91 Å². The molecule has 6 nitrogen and oxygen atoms in total. The molecule has 2 atom stereocenters. The summed E-state index contributed by atoms with van der Waals surface area (Å²) in [5, 5.41) is 8.27. The molecule has 3 rings (SSSR count). The molecule has 2 aromatic rings. The molecular weight excluding hydrogens is 292 g/mol. The maximum Gasteiger partial charge on any atom is 0.230 e. The van der Waals surface area contributed by atoms with Gasteiger partial charge in [-0.2, -0.15) is 5.10 Å². The van der Waals surface area contributed by atoms with Crippen LogP contribution in [-0.2, 0) is 11.3 Å². The Balaban J connectivity index is 1.78. The summed E-state index contributed by atoms with van der Waals surface area (Å²) in [7, 11) is 0. The molecule has 3 heterocycles. The van der Waals surface area contributed by atoms with E-state index in [-0.39, 0.29) is 17.9 Å². The van der Waals surface area contributed by atoms with Crippen molar-refractivity contribution in [3.63, 3.8) is 0 Å². The molecule has 2 aromatic heterocycles. The molecule has 0 aromatic carbocycles. The summed E-state index contributed by atoms with van der Waals surface area (Å²) < 4.78 is 7.14. The van der Waals surface area contributed by atoms with Gasteiger partial charge in [0.15, 0.2) is 0 Å². The molecule has 23 heavy (non-hydrogen) atoms. The molecule has 0 spiro atoms. The van der Waals surface area contributed by atoms with Crippen LogP contribution in [0.15, 0.2) is 23.0 Å². The maximum absolute atomic E-state index is 13.1. The average Bonchev–Trinajstić information content (AvgIpc) is 3.17. The highest BCUT2D eigenvalue weighted by Gasteiger charge is 2.32. The van der Waals surface area contributed by atoms with Gasteiger partial charge < -0.3 is 9.42 Å². The predicted octanol–water partition coefficient (Wildman–Crippen LogP) is 2.67. The molecule has 6 heteroatoms. The number of rotatable bonds is 4. The molecule has 1 fully saturated rings. The standard InChI is InChI=1S/C17H24N4O2/c1-12(16-13(2)19-23-14(16)3)17(22)21-10-5-4-7-15(21)11-20-9-6-8-18-20/h6,8-9,12,15H,4-5,7,10-11H2,1-3H3/t12-,15+/m1/s1. The molecule has 1 aliphatic heterocycles. The summed E-state index contributed by atoms with van der Waals surface area (Å²) in [6.45, 7) is 7.30. The van der Waals surface area contributed by atoms with Crippen molar-refractivity contribution in [3.8, 4) is 0 Å². The second kappa shape index (κ2) is 6.56. The van der Waals surface area contributed by atoms with Crippen molar-refractivity contribution in [1.29, 1.82) is 0 Å². The normalized spacial score (nSPS) is 19.8. The maximum atomic E-state index is 13.1. The molecule has 0 radical (unpaired) electrons. The molecule has 0 saturated carbocycles. The van der Waals surface area contributed by atoms with Crippen LogP contribution in [0.3, 0.4) is 0 Å². The number of carbonyl (C=O) groups excluding carboxylic acids is 1. The summed E-state index contributed by atoms with van der Waals surface area (Å²) >= 11 is 0. The minimum Gasteiger partial charge on any atom is -0.361 e. The first-order chi connectivity index (χ1) is 11.1. The first kappa shape index (κ1) is 15.8. The van der Waals surface area contributed by atoms with Crippen LogP contribution in [0, 0.1) is 13.8 Å². The number of aromatic nitrogens is 3. The van der Waals surface area contributed by atoms with Gasteiger partial charge in [0.05, 0.1) is 24.2 Å². The van der Waals surface area contributed by atoms with Crippen molar-refractivity contribution in [2.45, 2.75) is 58.5 Å². The Labute approximate surface area is 136 Å². The van der Waals surface area contributed by atoms with Crippen LogP contribution >= 0.6 is 0 Å². The predicted molar refractivity (Wildman–Crippen MR) is 86.0 cm³/mol. The van der Waals surface area contributed by atoms with E-state index in [0.29, 0.717) is 0 Å². The number of aryl methyl sites for hydroxylation is 2. The van der Waals surface area contributed by atoms with E-state index in [4.69, 9.17) is 4.52 Å². The van der Waals surface area contributed by atoms with E-state index in [0.717, 1.165) is 49.4 Å². The number of hydrogen-bond acceptors (Lipinski definition) is 4. The van der Waals surface area contributed by atoms with Gasteiger partial charge in [0, 0.05) is 24.5 Å². The molecule has 0 unspecified atom stereocenters. The summed E-state index contributed by atoms with van der Waals surface area (Å²) in [6, 6.07) is 2.13. The first-order valence-corrected chi connectivity index (χ1v) is 8.28. The Kier molecular flexibility index (Phi) is 4.50. The topological polar surface area (TPSA) is 64.2 Å². The van der Waals surface area contributed by atoms with Crippen molar-refractivity contribution in [3.05, 3.63) is 35.5 Å². The van der Waals surface area contributed by atoms with Crippen LogP contribution < -0.4 is 0 Å². The van der Waals surface area contributed by atoms with Gasteiger partial charge in [0.1, 0.15) is 5.76 Å². The van der Waals surface area contributed by atoms with Crippen molar-refractivity contribution < 1.29 is 9.32 Å². The fourth-order valence-electron chi connectivity index (χ4n) is 3.59. The number of likely N-dealkylation sites (tertiary alicyclic amines) is 1. The summed E-state index contributed by atoms with van der Waals surface area (Å²) in [4.78, 5) is 15.1. The highest BCUT2D eigenvalue weighted by molar-refractivity contribution is 5.84. The highest BCUT2D eigenvalue weighted by Crippen LogP contribution is 2.28. The quantitative estimate of drug-likeness (QED) is 0.870. The summed E-state index contributed by atoms with van der Waals surface area (Å²) in [5.41, 5.74) is 1.74. The van der Waals surface area contributed by atoms with E-state index in [1.54, 1.807) is 6.20 Å². The number of nitrogens with zero attached hydrogens (tertiary/aromatic N) is 4. The molecule has 1 saturated heterocycles. The van der Waals surface area contributed by atoms with Crippen LogP contribution in [0.2, 0.25) is 0 Å². The third-order valence-corrected chi connectivity index (χ3v) is 4.76. The van der Waals surface area contributed by atoms with E-state index in [2.05, 4.69) is 10.3 Å². The van der Waals surface area contributed by atoms with E-state index in [1.165, 1.54) is 0 Å². The van der Waals surface area contributed by atoms with Gasteiger partial charge in [-0.1, -0.05) is 5.16 Å². The van der Waals surface area contributed by atoms with Crippen LogP contribution in [0.25, 0.3) is 0 Å². The van der Waals surface area contributed by atoms with Crippen LogP contribution in [0.1, 0.15) is 49.1 Å². The third-order valence-electron chi connectivity index (χ3n) is 4.76. The lowest BCUT2D eigenvalue weighted by molar-refractivity contribution is -0.136. The van der Waals surface area contributed by atoms with E-state index in [9.17, 15) is 4.79 Å². The number of piperidine rings is 1. The lowest BCUT2D eigenvalue weighted by Crippen LogP contribution is -2.47. The van der Waals surface area contributed by atoms with Gasteiger partial charge in [0.2, 0.25) is 5.91 Å². The Morgan fingerprint density at radius 2 is 2.26 bits per heavy atom. The highest BCUT2D eigenvalue weighted by atomic mass is 16.5. The minimum absolute atomic E-state index is 0.163. The number of carbonyl (C=O) groups is 1. The van der Waals surface area contributed by atoms with Gasteiger partial charge in [-0.3, -0.25) is 9.48 Å². The monoisotopic (exact) mass is 316 g/mol. The molecule has 1 amide bonds. The van der Waals surface area contributed by atoms with E-state index in [1.807, 2.05) is 42.6 Å². The Morgan fingerprint density at radius 1 is 1.43 bits per heavy atom. The molecule has 1 aliphatic rings. The van der Waals surface area contributed by atoms with E-state index < -0.39 is 0 Å². The van der Waals surface area contributed by atoms with Crippen molar-refractivity contribution in [2.75, 3.05) is 6.54 Å². The van der Waals surface area contributed by atoms with Crippen molar-refractivity contribution in [1.82, 2.24) is 19.8 Å². The molecule has 0 bridgehead atoms.